The molecule has 3 aliphatic rings. The van der Waals surface area contributed by atoms with Crippen molar-refractivity contribution in [1.29, 1.82) is 0 Å². The summed E-state index contributed by atoms with van der Waals surface area (Å²) in [7, 11) is -0.146. The number of anilines is 1. The number of aromatic hydroxyl groups is 1. The number of carbonyl (C=O) groups excluding carboxylic acids is 2. The Bertz CT molecular complexity index is 1450. The second-order valence-corrected chi connectivity index (χ2v) is 12.8. The molecule has 0 bridgehead atoms. The van der Waals surface area contributed by atoms with Gasteiger partial charge in [0.25, 0.3) is 0 Å². The van der Waals surface area contributed by atoms with Gasteiger partial charge in [0.15, 0.2) is 11.5 Å². The standard InChI is InChI=1S/C32H37BINO7/c1-5-18(11-19-12-25(34)30(36)27(13-19)41-4)9-10-26-28-22(17(2)3)15-23-29(24(28)16-42-26)32(38)35(31(23)37)21-8-6-7-20(14-21)33(39)40/h6-8,11-14,17,23-24,26,29,36,39-40H,5,9-10,15-16H2,1-4H3/b18-11+/t23-,24+,26-,29-/m1/s1. The number of phenolic OH excluding ortho intramolecular Hbond substituents is 1. The maximum atomic E-state index is 13.8. The van der Waals surface area contributed by atoms with E-state index >= 15 is 0 Å². The second kappa shape index (κ2) is 12.5. The highest BCUT2D eigenvalue weighted by Gasteiger charge is 2.57. The zero-order chi connectivity index (χ0) is 30.3. The van der Waals surface area contributed by atoms with Gasteiger partial charge in [0.1, 0.15) is 0 Å². The Kier molecular flexibility index (Phi) is 9.17. The first kappa shape index (κ1) is 30.8. The third kappa shape index (κ3) is 5.66. The Hall–Kier alpha value is -2.67. The summed E-state index contributed by atoms with van der Waals surface area (Å²) in [5.41, 5.74) is 5.21. The molecule has 3 N–H and O–H groups in total. The topological polar surface area (TPSA) is 117 Å². The largest absolute Gasteiger partial charge is 0.504 e. The number of halogens is 1. The van der Waals surface area contributed by atoms with Gasteiger partial charge in [0, 0.05) is 5.92 Å². The number of allylic oxidation sites excluding steroid dienone is 2. The monoisotopic (exact) mass is 685 g/mol. The first-order chi connectivity index (χ1) is 20.0. The van der Waals surface area contributed by atoms with Gasteiger partial charge < -0.3 is 24.6 Å². The SMILES string of the molecule is CC/C(=C\c1cc(I)c(O)c(OC)c1)CC[C@H]1OC[C@H]2C1=C(C(C)C)C[C@H]1C(=O)N(c3cccc(B(O)O)c3)C(=O)[C@H]12. The van der Waals surface area contributed by atoms with Crippen LogP contribution >= 0.6 is 22.6 Å². The molecule has 5 rings (SSSR count). The lowest BCUT2D eigenvalue weighted by Crippen LogP contribution is -2.36. The zero-order valence-corrected chi connectivity index (χ0v) is 26.5. The minimum atomic E-state index is -1.69. The fraction of sp³-hybridized carbons (Fsp3) is 0.438. The van der Waals surface area contributed by atoms with Crippen LogP contribution in [0.3, 0.4) is 0 Å². The van der Waals surface area contributed by atoms with Gasteiger partial charge >= 0.3 is 7.12 Å². The number of hydrogen-bond acceptors (Lipinski definition) is 7. The molecule has 2 amide bonds. The van der Waals surface area contributed by atoms with E-state index in [9.17, 15) is 24.7 Å². The molecule has 42 heavy (non-hydrogen) atoms. The molecule has 0 radical (unpaired) electrons. The molecule has 0 spiro atoms. The highest BCUT2D eigenvalue weighted by atomic mass is 127. The van der Waals surface area contributed by atoms with E-state index in [1.54, 1.807) is 25.3 Å². The van der Waals surface area contributed by atoms with Crippen LogP contribution in [0.25, 0.3) is 6.08 Å². The molecule has 2 aliphatic heterocycles. The van der Waals surface area contributed by atoms with Crippen LogP contribution in [0, 0.1) is 27.2 Å². The molecule has 10 heteroatoms. The first-order valence-electron chi connectivity index (χ1n) is 14.5. The van der Waals surface area contributed by atoms with E-state index in [0.717, 1.165) is 28.4 Å². The Morgan fingerprint density at radius 1 is 1.19 bits per heavy atom. The fourth-order valence-electron chi connectivity index (χ4n) is 6.77. The number of carbonyl (C=O) groups is 2. The van der Waals surface area contributed by atoms with Crippen molar-refractivity contribution >= 4 is 58.7 Å². The highest BCUT2D eigenvalue weighted by molar-refractivity contribution is 14.1. The van der Waals surface area contributed by atoms with E-state index in [1.807, 2.05) is 12.1 Å². The number of amides is 2. The van der Waals surface area contributed by atoms with Gasteiger partial charge in [-0.15, -0.1) is 0 Å². The molecule has 2 saturated heterocycles. The predicted molar refractivity (Wildman–Crippen MR) is 170 cm³/mol. The molecule has 0 saturated carbocycles. The number of nitrogens with zero attached hydrogens (tertiary/aromatic N) is 1. The molecule has 1 aliphatic carbocycles. The van der Waals surface area contributed by atoms with E-state index < -0.39 is 19.0 Å². The van der Waals surface area contributed by atoms with Gasteiger partial charge in [-0.05, 0) is 95.1 Å². The lowest BCUT2D eigenvalue weighted by Gasteiger charge is -2.33. The predicted octanol–water partition coefficient (Wildman–Crippen LogP) is 4.44. The summed E-state index contributed by atoms with van der Waals surface area (Å²) in [5, 5.41) is 29.5. The normalized spacial score (nSPS) is 24.0. The van der Waals surface area contributed by atoms with Crippen molar-refractivity contribution in [3.05, 3.63) is 62.3 Å². The van der Waals surface area contributed by atoms with Gasteiger partial charge in [-0.2, -0.15) is 0 Å². The average Bonchev–Trinajstić information content (AvgIpc) is 3.50. The summed E-state index contributed by atoms with van der Waals surface area (Å²) in [4.78, 5) is 28.8. The maximum absolute atomic E-state index is 13.8. The average molecular weight is 685 g/mol. The number of phenols is 1. The van der Waals surface area contributed by atoms with Crippen LogP contribution in [0.15, 0.2) is 53.1 Å². The number of methoxy groups -OCH3 is 1. The molecule has 0 unspecified atom stereocenters. The highest BCUT2D eigenvalue weighted by Crippen LogP contribution is 2.52. The molecule has 2 aromatic rings. The molecule has 8 nitrogen and oxygen atoms in total. The van der Waals surface area contributed by atoms with Gasteiger partial charge in [0.2, 0.25) is 11.8 Å². The fourth-order valence-corrected chi connectivity index (χ4v) is 7.40. The Morgan fingerprint density at radius 3 is 2.62 bits per heavy atom. The molecule has 0 aromatic heterocycles. The Balaban J connectivity index is 1.39. The summed E-state index contributed by atoms with van der Waals surface area (Å²) < 4.78 is 12.4. The first-order valence-corrected chi connectivity index (χ1v) is 15.6. The lowest BCUT2D eigenvalue weighted by molar-refractivity contribution is -0.122. The van der Waals surface area contributed by atoms with Gasteiger partial charge in [0.05, 0.1) is 40.9 Å². The van der Waals surface area contributed by atoms with E-state index in [4.69, 9.17) is 9.47 Å². The van der Waals surface area contributed by atoms with Crippen molar-refractivity contribution < 1.29 is 34.2 Å². The van der Waals surface area contributed by atoms with E-state index in [1.165, 1.54) is 27.7 Å². The van der Waals surface area contributed by atoms with Crippen LogP contribution in [-0.2, 0) is 14.3 Å². The summed E-state index contributed by atoms with van der Waals surface area (Å²) in [6.07, 6.45) is 4.99. The molecule has 2 aromatic carbocycles. The van der Waals surface area contributed by atoms with Gasteiger partial charge in [-0.25, -0.2) is 0 Å². The van der Waals surface area contributed by atoms with Crippen molar-refractivity contribution in [2.75, 3.05) is 18.6 Å². The lowest BCUT2D eigenvalue weighted by atomic mass is 9.67. The van der Waals surface area contributed by atoms with Crippen LogP contribution in [0.4, 0.5) is 5.69 Å². The summed E-state index contributed by atoms with van der Waals surface area (Å²) >= 11 is 2.10. The van der Waals surface area contributed by atoms with Crippen LogP contribution in [0.2, 0.25) is 0 Å². The maximum Gasteiger partial charge on any atom is 0.488 e. The quantitative estimate of drug-likeness (QED) is 0.155. The molecular weight excluding hydrogens is 648 g/mol. The van der Waals surface area contributed by atoms with Crippen LogP contribution < -0.4 is 15.1 Å². The summed E-state index contributed by atoms with van der Waals surface area (Å²) in [6, 6.07) is 10.1. The van der Waals surface area contributed by atoms with Gasteiger partial charge in [-0.3, -0.25) is 14.5 Å². The van der Waals surface area contributed by atoms with Crippen LogP contribution in [0.5, 0.6) is 11.5 Å². The van der Waals surface area contributed by atoms with Gasteiger partial charge in [-0.1, -0.05) is 50.1 Å². The van der Waals surface area contributed by atoms with Crippen molar-refractivity contribution in [2.24, 2.45) is 23.7 Å². The van der Waals surface area contributed by atoms with Crippen molar-refractivity contribution in [3.63, 3.8) is 0 Å². The minimum Gasteiger partial charge on any atom is -0.504 e. The summed E-state index contributed by atoms with van der Waals surface area (Å²) in [6.45, 7) is 6.80. The molecule has 222 valence electrons. The van der Waals surface area contributed by atoms with Crippen molar-refractivity contribution in [3.8, 4) is 11.5 Å². The van der Waals surface area contributed by atoms with E-state index in [2.05, 4.69) is 49.4 Å². The second-order valence-electron chi connectivity index (χ2n) is 11.6. The number of benzene rings is 2. The minimum absolute atomic E-state index is 0.123. The third-order valence-electron chi connectivity index (χ3n) is 8.89. The van der Waals surface area contributed by atoms with E-state index in [-0.39, 0.29) is 41.0 Å². The van der Waals surface area contributed by atoms with Crippen LogP contribution in [-0.4, -0.2) is 53.9 Å². The van der Waals surface area contributed by atoms with Crippen molar-refractivity contribution in [1.82, 2.24) is 0 Å². The third-order valence-corrected chi connectivity index (χ3v) is 9.71. The number of ether oxygens (including phenoxy) is 2. The molecule has 2 fully saturated rings. The van der Waals surface area contributed by atoms with Crippen molar-refractivity contribution in [2.45, 2.75) is 52.6 Å². The summed E-state index contributed by atoms with van der Waals surface area (Å²) in [5.74, 6) is -0.777. The molecule has 2 heterocycles. The number of rotatable bonds is 9. The van der Waals surface area contributed by atoms with E-state index in [0.29, 0.717) is 24.5 Å². The molecule has 4 atom stereocenters. The number of hydrogen-bond donors (Lipinski definition) is 3. The number of fused-ring (bicyclic) bond motifs is 3. The Labute approximate surface area is 260 Å². The molecular formula is C32H37BINO7. The zero-order valence-electron chi connectivity index (χ0n) is 24.3. The number of imide groups is 1. The smallest absolute Gasteiger partial charge is 0.488 e. The Morgan fingerprint density at radius 2 is 1.95 bits per heavy atom. The van der Waals surface area contributed by atoms with Crippen LogP contribution in [0.1, 0.15) is 52.0 Å².